The predicted molar refractivity (Wildman–Crippen MR) is 113 cm³/mol. The van der Waals surface area contributed by atoms with Crippen LogP contribution in [-0.4, -0.2) is 52.9 Å². The molecule has 162 valence electrons. The van der Waals surface area contributed by atoms with Crippen LogP contribution in [0.2, 0.25) is 0 Å². The lowest BCUT2D eigenvalue weighted by molar-refractivity contribution is -0.131. The summed E-state index contributed by atoms with van der Waals surface area (Å²) in [5, 5.41) is 0. The summed E-state index contributed by atoms with van der Waals surface area (Å²) >= 11 is 0. The van der Waals surface area contributed by atoms with E-state index in [1.807, 2.05) is 29.2 Å². The van der Waals surface area contributed by atoms with Gasteiger partial charge in [0.2, 0.25) is 11.7 Å². The first-order valence-corrected chi connectivity index (χ1v) is 9.87. The number of hydrogen-bond donors (Lipinski definition) is 0. The Labute approximate surface area is 177 Å². The first-order chi connectivity index (χ1) is 14.6. The van der Waals surface area contributed by atoms with Gasteiger partial charge in [0, 0.05) is 12.1 Å². The Kier molecular flexibility index (Phi) is 6.92. The Hall–Kier alpha value is -3.09. The molecule has 1 fully saturated rings. The zero-order valence-electron chi connectivity index (χ0n) is 18.2. The fourth-order valence-corrected chi connectivity index (χ4v) is 4.04. The second kappa shape index (κ2) is 9.61. The summed E-state index contributed by atoms with van der Waals surface area (Å²) < 4.78 is 27.1. The first-order valence-electron chi connectivity index (χ1n) is 9.87. The summed E-state index contributed by atoms with van der Waals surface area (Å²) in [5.41, 5.74) is 1.80. The van der Waals surface area contributed by atoms with Gasteiger partial charge in [-0.1, -0.05) is 12.1 Å². The lowest BCUT2D eigenvalue weighted by Crippen LogP contribution is -2.32. The van der Waals surface area contributed by atoms with E-state index in [9.17, 15) is 4.79 Å². The van der Waals surface area contributed by atoms with Crippen molar-refractivity contribution in [2.24, 2.45) is 0 Å². The van der Waals surface area contributed by atoms with Crippen LogP contribution in [0.1, 0.15) is 30.0 Å². The van der Waals surface area contributed by atoms with Crippen molar-refractivity contribution < 1.29 is 28.5 Å². The van der Waals surface area contributed by atoms with Crippen molar-refractivity contribution >= 4 is 5.91 Å². The van der Waals surface area contributed by atoms with Crippen molar-refractivity contribution in [1.29, 1.82) is 0 Å². The van der Waals surface area contributed by atoms with E-state index in [1.54, 1.807) is 41.6 Å². The van der Waals surface area contributed by atoms with Crippen LogP contribution in [-0.2, 0) is 11.2 Å². The fraction of sp³-hybridized carbons (Fsp3) is 0.435. The van der Waals surface area contributed by atoms with Crippen LogP contribution in [0.15, 0.2) is 30.3 Å². The average molecular weight is 415 g/mol. The molecule has 1 saturated heterocycles. The van der Waals surface area contributed by atoms with Gasteiger partial charge in [-0.2, -0.15) is 0 Å². The highest BCUT2D eigenvalue weighted by molar-refractivity contribution is 5.81. The van der Waals surface area contributed by atoms with E-state index in [0.29, 0.717) is 35.3 Å². The number of amides is 1. The summed E-state index contributed by atoms with van der Waals surface area (Å²) in [6.07, 6.45) is 2.07. The van der Waals surface area contributed by atoms with Gasteiger partial charge in [0.25, 0.3) is 0 Å². The van der Waals surface area contributed by atoms with Crippen molar-refractivity contribution in [2.75, 3.05) is 42.1 Å². The molecule has 1 amide bonds. The topological polar surface area (TPSA) is 66.5 Å². The monoisotopic (exact) mass is 415 g/mol. The molecule has 1 atom stereocenters. The summed E-state index contributed by atoms with van der Waals surface area (Å²) in [6, 6.07) is 9.47. The molecule has 7 heteroatoms. The highest BCUT2D eigenvalue weighted by Crippen LogP contribution is 2.41. The molecule has 0 aliphatic carbocycles. The quantitative estimate of drug-likeness (QED) is 0.656. The normalized spacial score (nSPS) is 15.6. The Balaban J connectivity index is 1.85. The largest absolute Gasteiger partial charge is 0.493 e. The molecule has 2 aromatic carbocycles. The van der Waals surface area contributed by atoms with Crippen LogP contribution < -0.4 is 23.7 Å². The third-order valence-electron chi connectivity index (χ3n) is 5.49. The summed E-state index contributed by atoms with van der Waals surface area (Å²) in [4.78, 5) is 15.2. The Morgan fingerprint density at radius 1 is 0.867 bits per heavy atom. The number of likely N-dealkylation sites (tertiary alicyclic amines) is 1. The van der Waals surface area contributed by atoms with Gasteiger partial charge >= 0.3 is 0 Å². The van der Waals surface area contributed by atoms with E-state index in [1.165, 1.54) is 0 Å². The van der Waals surface area contributed by atoms with Crippen LogP contribution >= 0.6 is 0 Å². The van der Waals surface area contributed by atoms with Gasteiger partial charge in [-0.15, -0.1) is 0 Å². The van der Waals surface area contributed by atoms with Crippen molar-refractivity contribution in [3.8, 4) is 28.7 Å². The minimum Gasteiger partial charge on any atom is -0.493 e. The molecule has 0 bridgehead atoms. The summed E-state index contributed by atoms with van der Waals surface area (Å²) in [7, 11) is 7.91. The Morgan fingerprint density at radius 3 is 2.17 bits per heavy atom. The lowest BCUT2D eigenvalue weighted by Gasteiger charge is -2.26. The number of methoxy groups -OCH3 is 5. The van der Waals surface area contributed by atoms with Crippen LogP contribution in [0, 0.1) is 0 Å². The molecule has 0 saturated carbocycles. The zero-order valence-corrected chi connectivity index (χ0v) is 18.2. The maximum absolute atomic E-state index is 13.2. The molecular formula is C23H29NO6. The number of nitrogens with zero attached hydrogens (tertiary/aromatic N) is 1. The van der Waals surface area contributed by atoms with E-state index < -0.39 is 0 Å². The minimum atomic E-state index is 0.00319. The minimum absolute atomic E-state index is 0.00319. The molecule has 1 aliphatic rings. The van der Waals surface area contributed by atoms with Gasteiger partial charge in [0.05, 0.1) is 48.0 Å². The lowest BCUT2D eigenvalue weighted by atomic mass is 10.0. The van der Waals surface area contributed by atoms with E-state index in [4.69, 9.17) is 23.7 Å². The Morgan fingerprint density at radius 2 is 1.53 bits per heavy atom. The molecule has 0 N–H and O–H groups in total. The van der Waals surface area contributed by atoms with Gasteiger partial charge in [-0.05, 0) is 36.6 Å². The SMILES string of the molecule is COc1ccc(C2CCCN2C(=O)Cc2ccc(OC)c(OC)c2OC)cc1OC. The zero-order chi connectivity index (χ0) is 21.7. The summed E-state index contributed by atoms with van der Waals surface area (Å²) in [5.74, 6) is 2.95. The molecule has 0 aromatic heterocycles. The molecule has 1 unspecified atom stereocenters. The molecule has 0 spiro atoms. The highest BCUT2D eigenvalue weighted by Gasteiger charge is 2.31. The molecule has 3 rings (SSSR count). The molecule has 1 heterocycles. The number of carbonyl (C=O) groups is 1. The number of hydrogen-bond acceptors (Lipinski definition) is 6. The summed E-state index contributed by atoms with van der Waals surface area (Å²) in [6.45, 7) is 0.716. The van der Waals surface area contributed by atoms with Crippen LogP contribution in [0.4, 0.5) is 0 Å². The molecule has 0 radical (unpaired) electrons. The van der Waals surface area contributed by atoms with Crippen molar-refractivity contribution in [3.63, 3.8) is 0 Å². The van der Waals surface area contributed by atoms with Gasteiger partial charge in [0.15, 0.2) is 23.0 Å². The fourth-order valence-electron chi connectivity index (χ4n) is 4.04. The van der Waals surface area contributed by atoms with E-state index >= 15 is 0 Å². The van der Waals surface area contributed by atoms with E-state index in [-0.39, 0.29) is 18.4 Å². The number of ether oxygens (including phenoxy) is 5. The second-order valence-corrected chi connectivity index (χ2v) is 7.03. The van der Waals surface area contributed by atoms with Gasteiger partial charge < -0.3 is 28.6 Å². The standard InChI is InChI=1S/C23H29NO6/c1-26-18-10-8-15(13-20(18)28-3)17-7-6-12-24(17)21(25)14-16-9-11-19(27-2)23(30-5)22(16)29-4/h8-11,13,17H,6-7,12,14H2,1-5H3. The Bertz CT molecular complexity index is 898. The van der Waals surface area contributed by atoms with Gasteiger partial charge in [0.1, 0.15) is 0 Å². The third kappa shape index (κ3) is 4.10. The maximum atomic E-state index is 13.2. The van der Waals surface area contributed by atoms with Crippen LogP contribution in [0.3, 0.4) is 0 Å². The molecule has 2 aromatic rings. The van der Waals surface area contributed by atoms with Crippen molar-refractivity contribution in [2.45, 2.75) is 25.3 Å². The average Bonchev–Trinajstić information content (AvgIpc) is 3.28. The van der Waals surface area contributed by atoms with Gasteiger partial charge in [-0.25, -0.2) is 0 Å². The highest BCUT2D eigenvalue weighted by atomic mass is 16.5. The van der Waals surface area contributed by atoms with Gasteiger partial charge in [-0.3, -0.25) is 4.79 Å². The molecule has 7 nitrogen and oxygen atoms in total. The van der Waals surface area contributed by atoms with E-state index in [0.717, 1.165) is 24.0 Å². The van der Waals surface area contributed by atoms with E-state index in [2.05, 4.69) is 0 Å². The maximum Gasteiger partial charge on any atom is 0.227 e. The third-order valence-corrected chi connectivity index (χ3v) is 5.49. The molecule has 30 heavy (non-hydrogen) atoms. The van der Waals surface area contributed by atoms with Crippen LogP contribution in [0.5, 0.6) is 28.7 Å². The smallest absolute Gasteiger partial charge is 0.227 e. The first kappa shape index (κ1) is 21.6. The van der Waals surface area contributed by atoms with Crippen LogP contribution in [0.25, 0.3) is 0 Å². The predicted octanol–water partition coefficient (Wildman–Crippen LogP) is 3.64. The van der Waals surface area contributed by atoms with Crippen molar-refractivity contribution in [3.05, 3.63) is 41.5 Å². The number of carbonyl (C=O) groups excluding carboxylic acids is 1. The molecule has 1 aliphatic heterocycles. The second-order valence-electron chi connectivity index (χ2n) is 7.03. The number of rotatable bonds is 8. The van der Waals surface area contributed by atoms with Crippen molar-refractivity contribution in [1.82, 2.24) is 4.90 Å². The molecular weight excluding hydrogens is 386 g/mol. The number of benzene rings is 2.